The highest BCUT2D eigenvalue weighted by Crippen LogP contribution is 2.38. The van der Waals surface area contributed by atoms with Crippen LogP contribution in [0.2, 0.25) is 0 Å². The van der Waals surface area contributed by atoms with Crippen LogP contribution in [0.25, 0.3) is 16.3 Å². The third-order valence-corrected chi connectivity index (χ3v) is 6.17. The van der Waals surface area contributed by atoms with Crippen molar-refractivity contribution in [2.45, 2.75) is 26.1 Å². The normalized spacial score (nSPS) is 21.0. The Kier molecular flexibility index (Phi) is 5.37. The number of carbonyl (C=O) groups excluding carboxylic acids is 2. The van der Waals surface area contributed by atoms with Crippen LogP contribution in [0.5, 0.6) is 0 Å². The Balaban J connectivity index is 1.66. The standard InChI is InChI=1S/C26H23N3O5/c1-16-14-27(15-17(2)34-16)24-23(19-10-12-20(13-11-19)29(32)33)25(30)28(26(24)31)22-9-5-7-18-6-3-4-8-21(18)22/h3-13,16-17H,14-15H2,1-2H3. The molecule has 0 saturated carbocycles. The van der Waals surface area contributed by atoms with Crippen LogP contribution in [0.1, 0.15) is 19.4 Å². The van der Waals surface area contributed by atoms with Crippen molar-refractivity contribution in [1.29, 1.82) is 0 Å². The molecule has 5 rings (SSSR count). The summed E-state index contributed by atoms with van der Waals surface area (Å²) in [4.78, 5) is 41.5. The number of hydrogen-bond donors (Lipinski definition) is 0. The van der Waals surface area contributed by atoms with Gasteiger partial charge in [-0.25, -0.2) is 4.90 Å². The lowest BCUT2D eigenvalue weighted by Gasteiger charge is -2.37. The highest BCUT2D eigenvalue weighted by molar-refractivity contribution is 6.46. The Morgan fingerprint density at radius 3 is 2.21 bits per heavy atom. The van der Waals surface area contributed by atoms with Gasteiger partial charge in [-0.2, -0.15) is 0 Å². The topological polar surface area (TPSA) is 93.0 Å². The van der Waals surface area contributed by atoms with Crippen LogP contribution < -0.4 is 4.90 Å². The summed E-state index contributed by atoms with van der Waals surface area (Å²) in [7, 11) is 0. The maximum absolute atomic E-state index is 13.9. The summed E-state index contributed by atoms with van der Waals surface area (Å²) >= 11 is 0. The molecule has 0 aromatic heterocycles. The van der Waals surface area contributed by atoms with Gasteiger partial charge in [0.15, 0.2) is 0 Å². The van der Waals surface area contributed by atoms with Crippen molar-refractivity contribution in [3.05, 3.63) is 88.1 Å². The van der Waals surface area contributed by atoms with Crippen LogP contribution >= 0.6 is 0 Å². The second-order valence-corrected chi connectivity index (χ2v) is 8.63. The molecule has 0 aliphatic carbocycles. The van der Waals surface area contributed by atoms with Crippen molar-refractivity contribution >= 4 is 39.5 Å². The SMILES string of the molecule is CC1CN(C2=C(c3ccc([N+](=O)[O-])cc3)C(=O)N(c3cccc4ccccc34)C2=O)CC(C)O1. The molecule has 3 aromatic rings. The molecule has 8 heteroatoms. The number of nitro benzene ring substituents is 1. The number of non-ortho nitro benzene ring substituents is 1. The van der Waals surface area contributed by atoms with Crippen LogP contribution in [0.4, 0.5) is 11.4 Å². The third-order valence-electron chi connectivity index (χ3n) is 6.17. The number of nitrogens with zero attached hydrogens (tertiary/aromatic N) is 3. The molecular weight excluding hydrogens is 434 g/mol. The minimum atomic E-state index is -0.492. The molecule has 2 unspecified atom stereocenters. The largest absolute Gasteiger partial charge is 0.372 e. The number of amides is 2. The van der Waals surface area contributed by atoms with E-state index in [4.69, 9.17) is 4.74 Å². The number of carbonyl (C=O) groups is 2. The molecule has 0 spiro atoms. The fourth-order valence-electron chi connectivity index (χ4n) is 4.80. The molecule has 2 aliphatic heterocycles. The Labute approximate surface area is 196 Å². The van der Waals surface area contributed by atoms with E-state index in [0.717, 1.165) is 10.8 Å². The number of anilines is 1. The second kappa shape index (κ2) is 8.39. The molecule has 34 heavy (non-hydrogen) atoms. The van der Waals surface area contributed by atoms with E-state index >= 15 is 0 Å². The van der Waals surface area contributed by atoms with E-state index in [9.17, 15) is 19.7 Å². The summed E-state index contributed by atoms with van der Waals surface area (Å²) in [6.07, 6.45) is -0.243. The number of benzene rings is 3. The smallest absolute Gasteiger partial charge is 0.282 e. The lowest BCUT2D eigenvalue weighted by Crippen LogP contribution is -2.47. The maximum atomic E-state index is 13.9. The van der Waals surface area contributed by atoms with E-state index in [1.54, 1.807) is 6.07 Å². The fourth-order valence-corrected chi connectivity index (χ4v) is 4.80. The number of hydrogen-bond acceptors (Lipinski definition) is 6. The lowest BCUT2D eigenvalue weighted by atomic mass is 10.0. The number of fused-ring (bicyclic) bond motifs is 1. The van der Waals surface area contributed by atoms with Crippen LogP contribution in [-0.4, -0.2) is 46.9 Å². The maximum Gasteiger partial charge on any atom is 0.282 e. The molecule has 0 radical (unpaired) electrons. The average molecular weight is 457 g/mol. The summed E-state index contributed by atoms with van der Waals surface area (Å²) in [5.41, 5.74) is 1.44. The zero-order valence-corrected chi connectivity index (χ0v) is 18.8. The van der Waals surface area contributed by atoms with Crippen molar-refractivity contribution < 1.29 is 19.2 Å². The summed E-state index contributed by atoms with van der Waals surface area (Å²) in [5.74, 6) is -0.854. The van der Waals surface area contributed by atoms with E-state index < -0.39 is 16.7 Å². The summed E-state index contributed by atoms with van der Waals surface area (Å²) < 4.78 is 5.84. The van der Waals surface area contributed by atoms with Gasteiger partial charge in [0.1, 0.15) is 5.70 Å². The Bertz CT molecular complexity index is 1330. The lowest BCUT2D eigenvalue weighted by molar-refractivity contribution is -0.384. The van der Waals surface area contributed by atoms with Gasteiger partial charge in [0.05, 0.1) is 28.4 Å². The van der Waals surface area contributed by atoms with Gasteiger partial charge in [-0.1, -0.05) is 36.4 Å². The highest BCUT2D eigenvalue weighted by Gasteiger charge is 2.44. The van der Waals surface area contributed by atoms with Gasteiger partial charge in [-0.15, -0.1) is 0 Å². The average Bonchev–Trinajstić information content (AvgIpc) is 3.08. The highest BCUT2D eigenvalue weighted by atomic mass is 16.6. The summed E-state index contributed by atoms with van der Waals surface area (Å²) in [6.45, 7) is 4.77. The number of nitro groups is 1. The fraction of sp³-hybridized carbons (Fsp3) is 0.231. The van der Waals surface area contributed by atoms with Crippen molar-refractivity contribution in [3.63, 3.8) is 0 Å². The van der Waals surface area contributed by atoms with Crippen molar-refractivity contribution in [2.24, 2.45) is 0 Å². The number of imide groups is 1. The van der Waals surface area contributed by atoms with Crippen LogP contribution in [-0.2, 0) is 14.3 Å². The van der Waals surface area contributed by atoms with E-state index in [1.807, 2.05) is 55.1 Å². The van der Waals surface area contributed by atoms with Gasteiger partial charge in [0, 0.05) is 30.6 Å². The summed E-state index contributed by atoms with van der Waals surface area (Å²) in [6, 6.07) is 18.9. The zero-order valence-electron chi connectivity index (χ0n) is 18.8. The second-order valence-electron chi connectivity index (χ2n) is 8.63. The van der Waals surface area contributed by atoms with Crippen molar-refractivity contribution in [1.82, 2.24) is 4.90 Å². The number of rotatable bonds is 4. The van der Waals surface area contributed by atoms with Gasteiger partial charge in [-0.3, -0.25) is 19.7 Å². The first kappa shape index (κ1) is 21.8. The molecule has 3 aromatic carbocycles. The van der Waals surface area contributed by atoms with Gasteiger partial charge in [-0.05, 0) is 43.0 Å². The monoisotopic (exact) mass is 457 g/mol. The van der Waals surface area contributed by atoms with E-state index in [2.05, 4.69) is 0 Å². The first-order valence-electron chi connectivity index (χ1n) is 11.1. The van der Waals surface area contributed by atoms with Gasteiger partial charge >= 0.3 is 0 Å². The number of morpholine rings is 1. The molecule has 8 nitrogen and oxygen atoms in total. The van der Waals surface area contributed by atoms with E-state index in [0.29, 0.717) is 30.0 Å². The van der Waals surface area contributed by atoms with Crippen LogP contribution in [0, 0.1) is 10.1 Å². The molecule has 172 valence electrons. The molecule has 2 aliphatic rings. The molecule has 0 N–H and O–H groups in total. The molecular formula is C26H23N3O5. The molecule has 2 atom stereocenters. The van der Waals surface area contributed by atoms with Crippen LogP contribution in [0.3, 0.4) is 0 Å². The summed E-state index contributed by atoms with van der Waals surface area (Å²) in [5, 5.41) is 12.8. The van der Waals surface area contributed by atoms with Gasteiger partial charge < -0.3 is 9.64 Å². The Morgan fingerprint density at radius 2 is 1.53 bits per heavy atom. The molecule has 0 bridgehead atoms. The van der Waals surface area contributed by atoms with Crippen LogP contribution in [0.15, 0.2) is 72.4 Å². The quantitative estimate of drug-likeness (QED) is 0.332. The van der Waals surface area contributed by atoms with Crippen molar-refractivity contribution in [2.75, 3.05) is 18.0 Å². The molecule has 2 heterocycles. The first-order chi connectivity index (χ1) is 16.3. The van der Waals surface area contributed by atoms with Gasteiger partial charge in [0.2, 0.25) is 0 Å². The molecule has 1 fully saturated rings. The zero-order chi connectivity index (χ0) is 24.0. The molecule has 1 saturated heterocycles. The van der Waals surface area contributed by atoms with Gasteiger partial charge in [0.25, 0.3) is 17.5 Å². The third kappa shape index (κ3) is 3.62. The predicted molar refractivity (Wildman–Crippen MR) is 128 cm³/mol. The Morgan fingerprint density at radius 1 is 0.882 bits per heavy atom. The minimum absolute atomic E-state index is 0.0813. The van der Waals surface area contributed by atoms with Crippen molar-refractivity contribution in [3.8, 4) is 0 Å². The first-order valence-corrected chi connectivity index (χ1v) is 11.1. The van der Waals surface area contributed by atoms with E-state index in [-0.39, 0.29) is 23.5 Å². The number of ether oxygens (including phenoxy) is 1. The molecule has 2 amide bonds. The van der Waals surface area contributed by atoms with E-state index in [1.165, 1.54) is 29.2 Å². The minimum Gasteiger partial charge on any atom is -0.372 e. The Hall–Kier alpha value is -4.04. The predicted octanol–water partition coefficient (Wildman–Crippen LogP) is 4.14.